The molecule has 109 heavy (non-hydrogen) atoms. The number of aliphatic hydroxyl groups is 1. The molecule has 2 amide bonds. The summed E-state index contributed by atoms with van der Waals surface area (Å²) in [5.74, 6) is -2.65. The summed E-state index contributed by atoms with van der Waals surface area (Å²) in [6.07, 6.45) is 1.72. The first kappa shape index (κ1) is 92.1. The van der Waals surface area contributed by atoms with E-state index in [9.17, 15) is 67.5 Å². The quantitative estimate of drug-likeness (QED) is 0.0147. The molecule has 5 aromatic rings. The van der Waals surface area contributed by atoms with Crippen LogP contribution in [-0.4, -0.2) is 188 Å². The van der Waals surface area contributed by atoms with Crippen LogP contribution >= 0.6 is 0 Å². The number of carboxylic acids is 2. The van der Waals surface area contributed by atoms with Crippen LogP contribution in [0, 0.1) is 17.8 Å². The van der Waals surface area contributed by atoms with Crippen LogP contribution in [0.5, 0.6) is 0 Å². The van der Waals surface area contributed by atoms with Crippen LogP contribution in [0.25, 0.3) is 0 Å². The number of rotatable bonds is 22. The minimum Gasteiger partial charge on any atom is -0.480 e. The molecule has 28 nitrogen and oxygen atoms in total. The Balaban J connectivity index is 0.000000253. The summed E-state index contributed by atoms with van der Waals surface area (Å²) in [4.78, 5) is 71.0. The van der Waals surface area contributed by atoms with Gasteiger partial charge in [-0.3, -0.25) is 19.3 Å². The Bertz CT molecular complexity index is 4100. The predicted molar refractivity (Wildman–Crippen MR) is 419 cm³/mol. The Morgan fingerprint density at radius 2 is 0.927 bits per heavy atom. The molecule has 0 unspecified atom stereocenters. The van der Waals surface area contributed by atoms with Gasteiger partial charge >= 0.3 is 30.1 Å². The average molecular weight is 1620 g/mol. The number of esters is 1. The molecule has 4 saturated heterocycles. The third-order valence-corrected chi connectivity index (χ3v) is 28.7. The number of nitrogens with zero attached hydrogens (tertiary/aromatic N) is 1. The number of carbonyl (C=O) groups excluding carboxylic acids is 4. The van der Waals surface area contributed by atoms with E-state index in [2.05, 4.69) is 137 Å². The molecule has 4 aliphatic rings. The first-order valence-corrected chi connectivity index (χ1v) is 44.7. The number of aldehydes is 1. The standard InChI is InChI=1S/C28H33NO3.C22H31NO3SSi.C10H18N2O6S.C10H18N2O5S.C6H11NO4S/c1-23(12-11-19-30)27(28(31)32-22-26-17-9-4-10-18-26)29(20-24-13-5-2-6-14-24)21-25-15-7-3-8-16-25;1-18-15-16-27(24,25)23-21(18)17-26-28(22(2,3)4,19-11-7-5-8-12-19)20-13-9-6-10-14-20;1-10(2,3)18-9(15)11-6-4-5-19(16,17)12-7(6)8(13)14;1-10(2,3)17-9(14)11-7-4-5-18(15,16)12-8(7)6-13;1-4-2-3-12(10,11)7-5(4)6(8)9/h2-10,13-18,23,27,30H,11-12,19-22H2,1H3;5-14,18,21,23H,15-17H2,1-4H3;6-7,12H,4-5H2,1-3H3,(H,11,15)(H,13,14);6-8,12H,4-5H2,1-3H3,(H,11,14);4-5,7H,2-3H2,1H3,(H,8,9)/t23-,27+;18-,21+;6-,7-;7-,8+;4-,5-/m11111/s1. The highest BCUT2D eigenvalue weighted by Gasteiger charge is 2.51. The van der Waals surface area contributed by atoms with Gasteiger partial charge in [0, 0.05) is 25.7 Å². The van der Waals surface area contributed by atoms with Crippen molar-refractivity contribution in [3.05, 3.63) is 168 Å². The summed E-state index contributed by atoms with van der Waals surface area (Å²) in [5.41, 5.74) is 1.92. The average Bonchev–Trinajstić information content (AvgIpc) is 0.744. The van der Waals surface area contributed by atoms with Crippen molar-refractivity contribution in [2.24, 2.45) is 17.8 Å². The third-order valence-electron chi connectivity index (χ3n) is 18.1. The number of carbonyl (C=O) groups is 6. The van der Waals surface area contributed by atoms with Gasteiger partial charge in [-0.05, 0) is 130 Å². The number of sulfonamides is 4. The number of aliphatic hydroxyl groups excluding tert-OH is 1. The van der Waals surface area contributed by atoms with Crippen LogP contribution in [0.4, 0.5) is 9.59 Å². The van der Waals surface area contributed by atoms with Crippen LogP contribution in [0.3, 0.4) is 0 Å². The van der Waals surface area contributed by atoms with E-state index in [4.69, 9.17) is 28.8 Å². The molecule has 9 N–H and O–H groups in total. The highest BCUT2D eigenvalue weighted by molar-refractivity contribution is 7.90. The molecule has 4 heterocycles. The maximum Gasteiger partial charge on any atom is 0.407 e. The number of carboxylic acid groups (broad SMARTS) is 2. The normalized spacial score (nSPS) is 22.6. The summed E-state index contributed by atoms with van der Waals surface area (Å²) in [6, 6.07) is 45.8. The molecule has 0 bridgehead atoms. The first-order valence-electron chi connectivity index (χ1n) is 36.2. The Kier molecular flexibility index (Phi) is 35.2. The second kappa shape index (κ2) is 41.7. The number of alkyl carbamates (subject to hydrolysis) is 2. The van der Waals surface area contributed by atoms with E-state index in [-0.39, 0.29) is 83.9 Å². The molecule has 5 aromatic carbocycles. The van der Waals surface area contributed by atoms with E-state index < -0.39 is 120 Å². The molecule has 0 radical (unpaired) electrons. The molecule has 9 rings (SSSR count). The van der Waals surface area contributed by atoms with Crippen LogP contribution in [0.2, 0.25) is 5.04 Å². The van der Waals surface area contributed by atoms with Crippen molar-refractivity contribution < 1.29 is 96.4 Å². The van der Waals surface area contributed by atoms with Gasteiger partial charge in [0.25, 0.3) is 8.32 Å². The molecule has 0 aliphatic carbocycles. The zero-order chi connectivity index (χ0) is 81.2. The van der Waals surface area contributed by atoms with Crippen LogP contribution < -0.4 is 39.9 Å². The lowest BCUT2D eigenvalue weighted by Gasteiger charge is -2.44. The Labute approximate surface area is 644 Å². The van der Waals surface area contributed by atoms with Crippen molar-refractivity contribution in [1.82, 2.24) is 34.4 Å². The topological polar surface area (TPSA) is 412 Å². The fourth-order valence-corrected chi connectivity index (χ4v) is 22.8. The monoisotopic (exact) mass is 1610 g/mol. The van der Waals surface area contributed by atoms with Gasteiger partial charge in [-0.15, -0.1) is 0 Å². The molecular formula is C76H111N7O21S4Si. The second-order valence-electron chi connectivity index (χ2n) is 30.5. The van der Waals surface area contributed by atoms with Gasteiger partial charge in [-0.1, -0.05) is 193 Å². The molecule has 0 saturated carbocycles. The van der Waals surface area contributed by atoms with E-state index >= 15 is 0 Å². The minimum atomic E-state index is -3.60. The number of aliphatic carboxylic acids is 2. The Morgan fingerprint density at radius 1 is 0.541 bits per heavy atom. The maximum absolute atomic E-state index is 13.4. The fraction of sp³-hybridized carbons (Fsp3) is 0.526. The van der Waals surface area contributed by atoms with Crippen molar-refractivity contribution in [1.29, 1.82) is 0 Å². The first-order chi connectivity index (χ1) is 50.9. The van der Waals surface area contributed by atoms with Crippen molar-refractivity contribution >= 4 is 95.2 Å². The van der Waals surface area contributed by atoms with Crippen molar-refractivity contribution in [2.45, 2.75) is 200 Å². The van der Waals surface area contributed by atoms with Crippen LogP contribution in [0.1, 0.15) is 138 Å². The number of hydrogen-bond donors (Lipinski definition) is 9. The van der Waals surface area contributed by atoms with Gasteiger partial charge in [0.05, 0.1) is 47.7 Å². The smallest absolute Gasteiger partial charge is 0.407 e. The van der Waals surface area contributed by atoms with Gasteiger partial charge in [-0.2, -0.15) is 4.72 Å². The number of amides is 2. The molecule has 4 aliphatic heterocycles. The highest BCUT2D eigenvalue weighted by Crippen LogP contribution is 2.37. The summed E-state index contributed by atoms with van der Waals surface area (Å²) in [7, 11) is -16.2. The number of ether oxygens (including phenoxy) is 3. The lowest BCUT2D eigenvalue weighted by molar-refractivity contribution is -0.154. The van der Waals surface area contributed by atoms with Gasteiger partial charge in [-0.25, -0.2) is 57.4 Å². The van der Waals surface area contributed by atoms with Gasteiger partial charge in [0.2, 0.25) is 40.1 Å². The number of benzene rings is 5. The van der Waals surface area contributed by atoms with E-state index in [1.807, 2.05) is 83.6 Å². The zero-order valence-electron chi connectivity index (χ0n) is 64.2. The number of hydrogen-bond acceptors (Lipinski definition) is 20. The SMILES string of the molecule is CC(C)(C)OC(=O)N[C@@H]1CCS(=O)(=O)N[C@H]1C(=O)O.CC(C)(C)OC(=O)N[C@@H]1CCS(=O)(=O)N[C@H]1C=O.C[C@@H]1CCS(=O)(=O)N[C@H]1C(=O)O.C[C@@H]1CCS(=O)(=O)N[C@H]1CO[Si](c1ccccc1)(c1ccccc1)C(C)(C)C.C[C@H](CCCO)[C@@H](C(=O)OCc1ccccc1)N(Cc1ccccc1)Cc1ccccc1. The molecular weight excluding hydrogens is 1500 g/mol. The predicted octanol–water partition coefficient (Wildman–Crippen LogP) is 6.93. The second-order valence-corrected chi connectivity index (χ2v) is 42.3. The van der Waals surface area contributed by atoms with Gasteiger partial charge in [0.1, 0.15) is 42.2 Å². The lowest BCUT2D eigenvalue weighted by atomic mass is 9.94. The Morgan fingerprint density at radius 3 is 1.34 bits per heavy atom. The third kappa shape index (κ3) is 31.3. The summed E-state index contributed by atoms with van der Waals surface area (Å²) < 4.78 is 123. The highest BCUT2D eigenvalue weighted by atomic mass is 32.2. The summed E-state index contributed by atoms with van der Waals surface area (Å²) in [6.45, 7) is 24.8. The lowest BCUT2D eigenvalue weighted by Crippen LogP contribution is -2.67. The summed E-state index contributed by atoms with van der Waals surface area (Å²) in [5, 5.41) is 34.1. The molecule has 0 aromatic heterocycles. The molecule has 0 spiro atoms. The van der Waals surface area contributed by atoms with Crippen molar-refractivity contribution in [3.8, 4) is 0 Å². The fourth-order valence-electron chi connectivity index (χ4n) is 12.5. The van der Waals surface area contributed by atoms with Crippen LogP contribution in [0.15, 0.2) is 152 Å². The summed E-state index contributed by atoms with van der Waals surface area (Å²) >= 11 is 0. The van der Waals surface area contributed by atoms with Crippen molar-refractivity contribution in [3.63, 3.8) is 0 Å². The Hall–Kier alpha value is -7.54. The van der Waals surface area contributed by atoms with Gasteiger partial charge < -0.3 is 49.4 Å². The maximum atomic E-state index is 13.4. The molecule has 604 valence electrons. The largest absolute Gasteiger partial charge is 0.480 e. The zero-order valence-corrected chi connectivity index (χ0v) is 68.4. The minimum absolute atomic E-state index is 0.0194. The molecule has 10 atom stereocenters. The van der Waals surface area contributed by atoms with Crippen LogP contribution in [-0.2, 0) is 97.6 Å². The van der Waals surface area contributed by atoms with E-state index in [1.165, 1.54) is 10.4 Å². The van der Waals surface area contributed by atoms with E-state index in [0.29, 0.717) is 45.2 Å². The number of nitrogens with one attached hydrogen (secondary N) is 6. The van der Waals surface area contributed by atoms with Crippen molar-refractivity contribution in [2.75, 3.05) is 36.2 Å². The van der Waals surface area contributed by atoms with E-state index in [0.717, 1.165) is 23.1 Å². The molecule has 33 heteroatoms. The molecule has 4 fully saturated rings. The van der Waals surface area contributed by atoms with Gasteiger partial charge in [0.15, 0.2) is 0 Å². The van der Waals surface area contributed by atoms with E-state index in [1.54, 1.807) is 48.5 Å².